The van der Waals surface area contributed by atoms with Crippen LogP contribution in [-0.4, -0.2) is 24.1 Å². The molecule has 0 saturated carbocycles. The fourth-order valence-electron chi connectivity index (χ4n) is 3.88. The maximum atomic E-state index is 13.0. The van der Waals surface area contributed by atoms with Gasteiger partial charge in [-0.3, -0.25) is 4.79 Å². The number of esters is 1. The van der Waals surface area contributed by atoms with Crippen molar-refractivity contribution in [2.75, 3.05) is 12.4 Å². The van der Waals surface area contributed by atoms with Gasteiger partial charge in [-0.25, -0.2) is 4.79 Å². The fraction of sp³-hybridized carbons (Fsp3) is 0.348. The molecule has 0 unspecified atom stereocenters. The van der Waals surface area contributed by atoms with Gasteiger partial charge in [0.2, 0.25) is 0 Å². The number of benzene rings is 1. The van der Waals surface area contributed by atoms with Crippen molar-refractivity contribution in [2.24, 2.45) is 0 Å². The lowest BCUT2D eigenvalue weighted by Gasteiger charge is -2.12. The van der Waals surface area contributed by atoms with Gasteiger partial charge in [-0.2, -0.15) is 0 Å². The number of thiophene rings is 1. The summed E-state index contributed by atoms with van der Waals surface area (Å²) in [6.45, 7) is 5.84. The van der Waals surface area contributed by atoms with Crippen LogP contribution in [0, 0.1) is 20.8 Å². The SMILES string of the molecule is COC(=O)c1c(NC(=O)c2noc(C)c2COc2c(C)cccc2C)sc2c1CCC2. The van der Waals surface area contributed by atoms with Crippen molar-refractivity contribution >= 4 is 28.2 Å². The second kappa shape index (κ2) is 8.55. The third-order valence-corrected chi connectivity index (χ3v) is 6.71. The van der Waals surface area contributed by atoms with Gasteiger partial charge in [0.1, 0.15) is 23.1 Å². The second-order valence-corrected chi connectivity index (χ2v) is 8.69. The summed E-state index contributed by atoms with van der Waals surface area (Å²) < 4.78 is 16.2. The van der Waals surface area contributed by atoms with E-state index in [1.54, 1.807) is 6.92 Å². The van der Waals surface area contributed by atoms with E-state index in [0.29, 0.717) is 21.9 Å². The summed E-state index contributed by atoms with van der Waals surface area (Å²) in [5, 5.41) is 7.28. The molecule has 2 aromatic heterocycles. The van der Waals surface area contributed by atoms with E-state index in [0.717, 1.165) is 46.6 Å². The van der Waals surface area contributed by atoms with Gasteiger partial charge in [-0.05, 0) is 56.7 Å². The molecule has 0 saturated heterocycles. The van der Waals surface area contributed by atoms with Crippen LogP contribution in [0.15, 0.2) is 22.7 Å². The Balaban J connectivity index is 1.58. The number of methoxy groups -OCH3 is 1. The first-order chi connectivity index (χ1) is 14.9. The fourth-order valence-corrected chi connectivity index (χ4v) is 5.16. The Labute approximate surface area is 184 Å². The molecule has 1 aliphatic rings. The normalized spacial score (nSPS) is 12.5. The predicted molar refractivity (Wildman–Crippen MR) is 117 cm³/mol. The zero-order chi connectivity index (χ0) is 22.1. The van der Waals surface area contributed by atoms with Crippen LogP contribution in [0.2, 0.25) is 0 Å². The summed E-state index contributed by atoms with van der Waals surface area (Å²) in [5.74, 6) is 0.405. The number of anilines is 1. The quantitative estimate of drug-likeness (QED) is 0.556. The Morgan fingerprint density at radius 1 is 1.19 bits per heavy atom. The summed E-state index contributed by atoms with van der Waals surface area (Å²) in [6.07, 6.45) is 2.71. The van der Waals surface area contributed by atoms with Crippen molar-refractivity contribution < 1.29 is 23.6 Å². The first-order valence-corrected chi connectivity index (χ1v) is 10.9. The lowest BCUT2D eigenvalue weighted by Crippen LogP contribution is -2.17. The minimum atomic E-state index is -0.443. The molecule has 31 heavy (non-hydrogen) atoms. The largest absolute Gasteiger partial charge is 0.488 e. The minimum Gasteiger partial charge on any atom is -0.488 e. The molecule has 0 fully saturated rings. The number of carbonyl (C=O) groups is 2. The van der Waals surface area contributed by atoms with E-state index >= 15 is 0 Å². The van der Waals surface area contributed by atoms with Crippen LogP contribution in [0.25, 0.3) is 0 Å². The molecule has 2 heterocycles. The van der Waals surface area contributed by atoms with Crippen LogP contribution in [-0.2, 0) is 24.2 Å². The van der Waals surface area contributed by atoms with Gasteiger partial charge >= 0.3 is 5.97 Å². The van der Waals surface area contributed by atoms with Crippen molar-refractivity contribution in [3.05, 3.63) is 62.3 Å². The number of hydrogen-bond acceptors (Lipinski definition) is 7. The Morgan fingerprint density at radius 3 is 2.65 bits per heavy atom. The van der Waals surface area contributed by atoms with E-state index in [-0.39, 0.29) is 12.3 Å². The Kier molecular flexibility index (Phi) is 5.82. The number of aromatic nitrogens is 1. The van der Waals surface area contributed by atoms with Gasteiger partial charge < -0.3 is 19.3 Å². The first-order valence-electron chi connectivity index (χ1n) is 10.1. The highest BCUT2D eigenvalue weighted by Crippen LogP contribution is 2.39. The summed E-state index contributed by atoms with van der Waals surface area (Å²) in [5.41, 5.74) is 4.16. The minimum absolute atomic E-state index is 0.146. The topological polar surface area (TPSA) is 90.7 Å². The molecule has 162 valence electrons. The molecule has 0 radical (unpaired) electrons. The Hall–Kier alpha value is -3.13. The van der Waals surface area contributed by atoms with Crippen molar-refractivity contribution in [1.82, 2.24) is 5.16 Å². The van der Waals surface area contributed by atoms with Gasteiger partial charge in [-0.15, -0.1) is 11.3 Å². The number of amides is 1. The molecule has 8 heteroatoms. The number of ether oxygens (including phenoxy) is 2. The first kappa shape index (κ1) is 21.1. The summed E-state index contributed by atoms with van der Waals surface area (Å²) in [4.78, 5) is 26.5. The maximum absolute atomic E-state index is 13.0. The highest BCUT2D eigenvalue weighted by atomic mass is 32.1. The van der Waals surface area contributed by atoms with E-state index in [2.05, 4.69) is 10.5 Å². The maximum Gasteiger partial charge on any atom is 0.341 e. The molecule has 0 aliphatic heterocycles. The molecule has 1 N–H and O–H groups in total. The van der Waals surface area contributed by atoms with Crippen LogP contribution in [0.5, 0.6) is 5.75 Å². The molecule has 0 bridgehead atoms. The highest BCUT2D eigenvalue weighted by molar-refractivity contribution is 7.17. The van der Waals surface area contributed by atoms with Crippen LogP contribution >= 0.6 is 11.3 Å². The molecular formula is C23H24N2O5S. The number of carbonyl (C=O) groups excluding carboxylic acids is 2. The van der Waals surface area contributed by atoms with E-state index < -0.39 is 11.9 Å². The molecule has 0 spiro atoms. The van der Waals surface area contributed by atoms with E-state index in [1.165, 1.54) is 18.4 Å². The van der Waals surface area contributed by atoms with Gasteiger partial charge in [-0.1, -0.05) is 23.4 Å². The lowest BCUT2D eigenvalue weighted by atomic mass is 10.1. The van der Waals surface area contributed by atoms with E-state index in [4.69, 9.17) is 14.0 Å². The third-order valence-electron chi connectivity index (χ3n) is 5.51. The van der Waals surface area contributed by atoms with Gasteiger partial charge in [0.05, 0.1) is 18.2 Å². The average Bonchev–Trinajstić information content (AvgIpc) is 3.42. The molecule has 3 aromatic rings. The third kappa shape index (κ3) is 3.95. The summed E-state index contributed by atoms with van der Waals surface area (Å²) >= 11 is 1.42. The van der Waals surface area contributed by atoms with Gasteiger partial charge in [0.15, 0.2) is 5.69 Å². The van der Waals surface area contributed by atoms with Crippen molar-refractivity contribution in [3.8, 4) is 5.75 Å². The number of aryl methyl sites for hydroxylation is 4. The molecule has 4 rings (SSSR count). The van der Waals surface area contributed by atoms with Crippen LogP contribution in [0.4, 0.5) is 5.00 Å². The zero-order valence-electron chi connectivity index (χ0n) is 18.0. The van der Waals surface area contributed by atoms with Crippen LogP contribution in [0.3, 0.4) is 0 Å². The van der Waals surface area contributed by atoms with Crippen molar-refractivity contribution in [3.63, 3.8) is 0 Å². The van der Waals surface area contributed by atoms with Crippen LogP contribution < -0.4 is 10.1 Å². The lowest BCUT2D eigenvalue weighted by molar-refractivity contribution is 0.0601. The van der Waals surface area contributed by atoms with Gasteiger partial charge in [0.25, 0.3) is 5.91 Å². The van der Waals surface area contributed by atoms with E-state index in [1.807, 2.05) is 32.0 Å². The summed E-state index contributed by atoms with van der Waals surface area (Å²) in [6, 6.07) is 5.92. The zero-order valence-corrected chi connectivity index (χ0v) is 18.8. The van der Waals surface area contributed by atoms with Gasteiger partial charge in [0, 0.05) is 4.88 Å². The molecular weight excluding hydrogens is 416 g/mol. The van der Waals surface area contributed by atoms with E-state index in [9.17, 15) is 9.59 Å². The number of nitrogens with zero attached hydrogens (tertiary/aromatic N) is 1. The standard InChI is InChI=1S/C23H24N2O5S/c1-12-7-5-8-13(2)20(12)29-11-16-14(3)30-25-19(16)21(26)24-22-18(23(27)28-4)15-9-6-10-17(15)31-22/h5,7-8H,6,9-11H2,1-4H3,(H,24,26). The number of para-hydroxylation sites is 1. The number of nitrogens with one attached hydrogen (secondary N) is 1. The predicted octanol–water partition coefficient (Wildman–Crippen LogP) is 4.77. The Morgan fingerprint density at radius 2 is 1.94 bits per heavy atom. The molecule has 1 aliphatic carbocycles. The number of fused-ring (bicyclic) bond motifs is 1. The number of hydrogen-bond donors (Lipinski definition) is 1. The van der Waals surface area contributed by atoms with Crippen molar-refractivity contribution in [1.29, 1.82) is 0 Å². The number of rotatable bonds is 6. The van der Waals surface area contributed by atoms with Crippen molar-refractivity contribution in [2.45, 2.75) is 46.6 Å². The highest BCUT2D eigenvalue weighted by Gasteiger charge is 2.29. The average molecular weight is 441 g/mol. The molecule has 7 nitrogen and oxygen atoms in total. The molecule has 1 amide bonds. The second-order valence-electron chi connectivity index (χ2n) is 7.58. The molecule has 0 atom stereocenters. The Bertz CT molecular complexity index is 1140. The van der Waals surface area contributed by atoms with Crippen LogP contribution in [0.1, 0.15) is 60.2 Å². The summed E-state index contributed by atoms with van der Waals surface area (Å²) in [7, 11) is 1.34. The monoisotopic (exact) mass is 440 g/mol. The molecule has 1 aromatic carbocycles. The smallest absolute Gasteiger partial charge is 0.341 e.